The SMILES string of the molecule is CC[C@H]1CN(C(C)c2ccc(C(F)(F)F)cc2)[C@H](CC)CN1c1nc(=O)n(C)c2ccc(OC)nc12. The molecular weight excluding hydrogens is 471 g/mol. The summed E-state index contributed by atoms with van der Waals surface area (Å²) in [6.45, 7) is 7.51. The highest BCUT2D eigenvalue weighted by atomic mass is 19.4. The molecule has 10 heteroatoms. The third-order valence-electron chi connectivity index (χ3n) is 7.29. The minimum absolute atomic E-state index is 0.0421. The van der Waals surface area contributed by atoms with E-state index < -0.39 is 11.7 Å². The summed E-state index contributed by atoms with van der Waals surface area (Å²) in [5, 5.41) is 0. The number of piperazine rings is 1. The number of aromatic nitrogens is 3. The van der Waals surface area contributed by atoms with Gasteiger partial charge >= 0.3 is 11.9 Å². The number of hydrogen-bond donors (Lipinski definition) is 0. The van der Waals surface area contributed by atoms with Crippen LogP contribution in [-0.4, -0.2) is 51.7 Å². The summed E-state index contributed by atoms with van der Waals surface area (Å²) in [6.07, 6.45) is -2.72. The van der Waals surface area contributed by atoms with Gasteiger partial charge in [-0.25, -0.2) is 9.78 Å². The molecule has 0 radical (unpaired) electrons. The van der Waals surface area contributed by atoms with Gasteiger partial charge in [-0.1, -0.05) is 26.0 Å². The van der Waals surface area contributed by atoms with Crippen LogP contribution in [0, 0.1) is 0 Å². The van der Waals surface area contributed by atoms with Crippen molar-refractivity contribution in [2.45, 2.75) is 57.9 Å². The maximum Gasteiger partial charge on any atom is 0.416 e. The zero-order valence-electron chi connectivity index (χ0n) is 21.2. The molecule has 1 aliphatic heterocycles. The van der Waals surface area contributed by atoms with E-state index in [0.717, 1.165) is 30.5 Å². The van der Waals surface area contributed by atoms with Crippen LogP contribution in [0.5, 0.6) is 5.88 Å². The largest absolute Gasteiger partial charge is 0.481 e. The van der Waals surface area contributed by atoms with E-state index in [-0.39, 0.29) is 23.8 Å². The maximum absolute atomic E-state index is 13.0. The predicted octanol–water partition coefficient (Wildman–Crippen LogP) is 4.80. The molecule has 1 saturated heterocycles. The van der Waals surface area contributed by atoms with Gasteiger partial charge < -0.3 is 9.64 Å². The fraction of sp³-hybridized carbons (Fsp3) is 0.500. The molecule has 0 bridgehead atoms. The quantitative estimate of drug-likeness (QED) is 0.482. The molecule has 2 aromatic heterocycles. The first-order valence-corrected chi connectivity index (χ1v) is 12.2. The molecule has 0 saturated carbocycles. The third-order valence-corrected chi connectivity index (χ3v) is 7.29. The summed E-state index contributed by atoms with van der Waals surface area (Å²) < 4.78 is 46.0. The first-order valence-electron chi connectivity index (χ1n) is 12.2. The molecule has 194 valence electrons. The van der Waals surface area contributed by atoms with E-state index in [9.17, 15) is 18.0 Å². The van der Waals surface area contributed by atoms with E-state index >= 15 is 0 Å². The summed E-state index contributed by atoms with van der Waals surface area (Å²) in [5.74, 6) is 0.984. The fourth-order valence-corrected chi connectivity index (χ4v) is 5.07. The minimum Gasteiger partial charge on any atom is -0.481 e. The number of aryl methyl sites for hydroxylation is 1. The van der Waals surface area contributed by atoms with Gasteiger partial charge in [0.15, 0.2) is 5.82 Å². The van der Waals surface area contributed by atoms with Crippen LogP contribution in [0.3, 0.4) is 0 Å². The molecule has 1 fully saturated rings. The summed E-state index contributed by atoms with van der Waals surface area (Å²) in [5.41, 5.74) is 1.12. The lowest BCUT2D eigenvalue weighted by Crippen LogP contribution is -2.59. The van der Waals surface area contributed by atoms with E-state index in [1.807, 2.05) is 13.0 Å². The molecule has 4 rings (SSSR count). The van der Waals surface area contributed by atoms with Gasteiger partial charge in [-0.05, 0) is 43.5 Å². The van der Waals surface area contributed by atoms with Gasteiger partial charge in [0.25, 0.3) is 0 Å². The Hall–Kier alpha value is -3.14. The zero-order chi connectivity index (χ0) is 26.2. The Morgan fingerprint density at radius 3 is 2.28 bits per heavy atom. The number of fused-ring (bicyclic) bond motifs is 1. The molecule has 0 amide bonds. The van der Waals surface area contributed by atoms with Crippen LogP contribution in [0.2, 0.25) is 0 Å². The minimum atomic E-state index is -4.36. The van der Waals surface area contributed by atoms with E-state index in [4.69, 9.17) is 4.74 Å². The molecule has 1 aliphatic rings. The number of benzene rings is 1. The lowest BCUT2D eigenvalue weighted by molar-refractivity contribution is -0.137. The average Bonchev–Trinajstić information content (AvgIpc) is 2.88. The molecule has 0 spiro atoms. The van der Waals surface area contributed by atoms with E-state index in [1.54, 1.807) is 32.4 Å². The average molecular weight is 504 g/mol. The maximum atomic E-state index is 13.0. The van der Waals surface area contributed by atoms with E-state index in [0.29, 0.717) is 35.8 Å². The highest BCUT2D eigenvalue weighted by Crippen LogP contribution is 2.35. The van der Waals surface area contributed by atoms with Crippen molar-refractivity contribution in [2.75, 3.05) is 25.1 Å². The van der Waals surface area contributed by atoms with E-state index in [1.165, 1.54) is 4.57 Å². The molecule has 36 heavy (non-hydrogen) atoms. The highest BCUT2D eigenvalue weighted by molar-refractivity contribution is 5.86. The van der Waals surface area contributed by atoms with Crippen molar-refractivity contribution in [3.05, 3.63) is 58.0 Å². The normalized spacial score (nSPS) is 20.1. The highest BCUT2D eigenvalue weighted by Gasteiger charge is 2.37. The van der Waals surface area contributed by atoms with Crippen LogP contribution >= 0.6 is 0 Å². The molecular formula is C26H32F3N5O2. The van der Waals surface area contributed by atoms with Crippen molar-refractivity contribution in [2.24, 2.45) is 7.05 Å². The van der Waals surface area contributed by atoms with Crippen LogP contribution in [0.1, 0.15) is 50.8 Å². The molecule has 3 atom stereocenters. The lowest BCUT2D eigenvalue weighted by atomic mass is 9.96. The second kappa shape index (κ2) is 10.1. The number of halogens is 3. The lowest BCUT2D eigenvalue weighted by Gasteiger charge is -2.49. The Morgan fingerprint density at radius 2 is 1.69 bits per heavy atom. The van der Waals surface area contributed by atoms with Crippen LogP contribution < -0.4 is 15.3 Å². The number of hydrogen-bond acceptors (Lipinski definition) is 6. The third kappa shape index (κ3) is 4.78. The van der Waals surface area contributed by atoms with Crippen molar-refractivity contribution < 1.29 is 17.9 Å². The predicted molar refractivity (Wildman–Crippen MR) is 133 cm³/mol. The van der Waals surface area contributed by atoms with Crippen LogP contribution in [0.15, 0.2) is 41.2 Å². The summed E-state index contributed by atoms with van der Waals surface area (Å²) in [4.78, 5) is 26.3. The molecule has 0 aliphatic carbocycles. The van der Waals surface area contributed by atoms with Crippen molar-refractivity contribution in [1.82, 2.24) is 19.4 Å². The molecule has 0 N–H and O–H groups in total. The van der Waals surface area contributed by atoms with Crippen molar-refractivity contribution in [1.29, 1.82) is 0 Å². The second-order valence-electron chi connectivity index (χ2n) is 9.27. The van der Waals surface area contributed by atoms with Crippen LogP contribution in [0.4, 0.5) is 19.0 Å². The Labute approximate surface area is 208 Å². The summed E-state index contributed by atoms with van der Waals surface area (Å²) in [7, 11) is 3.22. The first kappa shape index (κ1) is 25.9. The number of nitrogens with zero attached hydrogens (tertiary/aromatic N) is 5. The van der Waals surface area contributed by atoms with Gasteiger partial charge in [-0.2, -0.15) is 18.2 Å². The molecule has 1 aromatic carbocycles. The van der Waals surface area contributed by atoms with Crippen LogP contribution in [0.25, 0.3) is 11.0 Å². The summed E-state index contributed by atoms with van der Waals surface area (Å²) >= 11 is 0. The Bertz CT molecular complexity index is 1280. The Balaban J connectivity index is 1.70. The molecule has 3 heterocycles. The number of rotatable bonds is 6. The number of ether oxygens (including phenoxy) is 1. The summed E-state index contributed by atoms with van der Waals surface area (Å²) in [6, 6.07) is 9.05. The first-order chi connectivity index (χ1) is 17.1. The Morgan fingerprint density at radius 1 is 1.03 bits per heavy atom. The zero-order valence-corrected chi connectivity index (χ0v) is 21.2. The molecule has 1 unspecified atom stereocenters. The Kier molecular flexibility index (Phi) is 7.26. The fourth-order valence-electron chi connectivity index (χ4n) is 5.07. The number of alkyl halides is 3. The van der Waals surface area contributed by atoms with Crippen LogP contribution in [-0.2, 0) is 13.2 Å². The van der Waals surface area contributed by atoms with Gasteiger partial charge in [0.2, 0.25) is 5.88 Å². The second-order valence-corrected chi connectivity index (χ2v) is 9.27. The number of pyridine rings is 1. The molecule has 7 nitrogen and oxygen atoms in total. The molecule has 3 aromatic rings. The van der Waals surface area contributed by atoms with Gasteiger partial charge in [0, 0.05) is 44.3 Å². The standard InChI is InChI=1S/C26H32F3N5O2/c1-6-19-15-34(24-23-21(32(4)25(35)31-24)12-13-22(30-23)36-5)20(7-2)14-33(19)16(3)17-8-10-18(11-9-17)26(27,28)29/h8-13,16,19-20H,6-7,14-15H2,1-5H3/t16?,19-,20+/m1/s1. The van der Waals surface area contributed by atoms with E-state index in [2.05, 4.69) is 33.6 Å². The number of methoxy groups -OCH3 is 1. The van der Waals surface area contributed by atoms with Gasteiger partial charge in [-0.15, -0.1) is 0 Å². The van der Waals surface area contributed by atoms with Gasteiger partial charge in [-0.3, -0.25) is 9.47 Å². The van der Waals surface area contributed by atoms with Crippen molar-refractivity contribution >= 4 is 16.9 Å². The topological polar surface area (TPSA) is 63.5 Å². The number of anilines is 1. The van der Waals surface area contributed by atoms with Gasteiger partial charge in [0.05, 0.1) is 18.2 Å². The monoisotopic (exact) mass is 503 g/mol. The smallest absolute Gasteiger partial charge is 0.416 e. The van der Waals surface area contributed by atoms with Gasteiger partial charge in [0.1, 0.15) is 5.52 Å². The van der Waals surface area contributed by atoms with Crippen molar-refractivity contribution in [3.8, 4) is 5.88 Å². The van der Waals surface area contributed by atoms with Crippen molar-refractivity contribution in [3.63, 3.8) is 0 Å².